The molecule has 0 spiro atoms. The molecule has 2 aromatic carbocycles. The van der Waals surface area contributed by atoms with Crippen molar-refractivity contribution in [1.29, 1.82) is 0 Å². The van der Waals surface area contributed by atoms with E-state index in [0.717, 1.165) is 0 Å². The molecule has 0 aliphatic carbocycles. The van der Waals surface area contributed by atoms with E-state index in [1.54, 1.807) is 19.1 Å². The molecular weight excluding hydrogens is 483 g/mol. The first-order valence-corrected chi connectivity index (χ1v) is 11.3. The summed E-state index contributed by atoms with van der Waals surface area (Å²) in [6.07, 6.45) is -5.28. The minimum atomic E-state index is -5.28. The van der Waals surface area contributed by atoms with E-state index in [9.17, 15) is 33.0 Å². The fourth-order valence-electron chi connectivity index (χ4n) is 2.97. The Bertz CT molecular complexity index is 944. The van der Waals surface area contributed by atoms with Crippen molar-refractivity contribution in [3.05, 3.63) is 60.2 Å². The van der Waals surface area contributed by atoms with Gasteiger partial charge in [0.1, 0.15) is 18.5 Å². The molecule has 2 amide bonds. The van der Waals surface area contributed by atoms with E-state index in [1.807, 2.05) is 18.2 Å². The smallest absolute Gasteiger partial charge is 0.491 e. The average Bonchev–Trinajstić information content (AvgIpc) is 2.87. The number of urea groups is 1. The third-order valence-electron chi connectivity index (χ3n) is 4.82. The minimum absolute atomic E-state index is 0.0520. The molecule has 0 fully saturated rings. The van der Waals surface area contributed by atoms with Crippen LogP contribution in [0.2, 0.25) is 0 Å². The van der Waals surface area contributed by atoms with E-state index < -0.39 is 30.3 Å². The number of hydroxylamine groups is 1. The number of alkyl halides is 3. The molecule has 0 aromatic heterocycles. The molecule has 0 aliphatic rings. The molecule has 9 nitrogen and oxygen atoms in total. The normalized spacial score (nSPS) is 12.9. The number of ether oxygens (including phenoxy) is 1. The van der Waals surface area contributed by atoms with E-state index in [-0.39, 0.29) is 37.1 Å². The van der Waals surface area contributed by atoms with Gasteiger partial charge in [-0.3, -0.25) is 0 Å². The van der Waals surface area contributed by atoms with E-state index >= 15 is 0 Å². The highest BCUT2D eigenvalue weighted by atomic mass is 19.4. The third kappa shape index (κ3) is 9.72. The monoisotopic (exact) mass is 513 g/mol. The quantitative estimate of drug-likeness (QED) is 0.322. The maximum atomic E-state index is 12.7. The lowest BCUT2D eigenvalue weighted by Crippen LogP contribution is -2.44. The van der Waals surface area contributed by atoms with E-state index in [1.165, 1.54) is 24.3 Å². The van der Waals surface area contributed by atoms with Crippen molar-refractivity contribution in [1.82, 2.24) is 10.6 Å². The minimum Gasteiger partial charge on any atom is -0.491 e. The Morgan fingerprint density at radius 1 is 1.08 bits per heavy atom. The summed E-state index contributed by atoms with van der Waals surface area (Å²) in [5, 5.41) is 25.4. The summed E-state index contributed by atoms with van der Waals surface area (Å²) in [6.45, 7) is 1.87. The molecular formula is C24H30F3N3O6. The number of halogens is 3. The van der Waals surface area contributed by atoms with Crippen LogP contribution in [-0.2, 0) is 16.1 Å². The number of hydrogen-bond acceptors (Lipinski definition) is 7. The van der Waals surface area contributed by atoms with Gasteiger partial charge in [-0.1, -0.05) is 37.3 Å². The summed E-state index contributed by atoms with van der Waals surface area (Å²) in [4.78, 5) is 27.8. The summed E-state index contributed by atoms with van der Waals surface area (Å²) in [5.74, 6) is -1.91. The first kappa shape index (κ1) is 28.9. The van der Waals surface area contributed by atoms with Crippen LogP contribution in [0.5, 0.6) is 5.75 Å². The molecule has 2 atom stereocenters. The molecule has 12 heteroatoms. The van der Waals surface area contributed by atoms with Crippen LogP contribution >= 0.6 is 0 Å². The van der Waals surface area contributed by atoms with Gasteiger partial charge in [0.2, 0.25) is 0 Å². The lowest BCUT2D eigenvalue weighted by atomic mass is 10.1. The van der Waals surface area contributed by atoms with Crippen molar-refractivity contribution in [3.63, 3.8) is 0 Å². The van der Waals surface area contributed by atoms with Gasteiger partial charge in [-0.05, 0) is 42.7 Å². The Labute approximate surface area is 206 Å². The van der Waals surface area contributed by atoms with Crippen molar-refractivity contribution < 1.29 is 42.5 Å². The number of carbonyl (C=O) groups excluding carboxylic acids is 2. The Morgan fingerprint density at radius 3 is 2.33 bits per heavy atom. The SMILES string of the molecule is CCCNC(=O)N(OC(=O)C(F)(F)F)c1ccc(C[C@@H](CO)NC[C@H](O)COc2ccccc2)cc1. The van der Waals surface area contributed by atoms with Crippen molar-refractivity contribution in [3.8, 4) is 5.75 Å². The van der Waals surface area contributed by atoms with Gasteiger partial charge >= 0.3 is 18.2 Å². The molecule has 36 heavy (non-hydrogen) atoms. The maximum Gasteiger partial charge on any atom is 0.493 e. The van der Waals surface area contributed by atoms with Crippen LogP contribution in [0.1, 0.15) is 18.9 Å². The second-order valence-corrected chi connectivity index (χ2v) is 7.84. The predicted octanol–water partition coefficient (Wildman–Crippen LogP) is 2.57. The summed E-state index contributed by atoms with van der Waals surface area (Å²) in [5.41, 5.74) is 0.586. The first-order valence-electron chi connectivity index (χ1n) is 11.3. The number of nitrogens with one attached hydrogen (secondary N) is 2. The van der Waals surface area contributed by atoms with E-state index in [2.05, 4.69) is 15.5 Å². The standard InChI is InChI=1S/C24H30F3N3O6/c1-2-12-28-23(34)30(36-22(33)24(25,26)27)19-10-8-17(9-11-19)13-18(15-31)29-14-20(32)16-35-21-6-4-3-5-7-21/h3-11,18,20,29,31-32H,2,12-16H2,1H3,(H,28,34)/t18-,20-/m0/s1. The molecule has 2 aromatic rings. The van der Waals surface area contributed by atoms with Crippen LogP contribution in [0.25, 0.3) is 0 Å². The van der Waals surface area contributed by atoms with Crippen molar-refractivity contribution >= 4 is 17.7 Å². The number of hydrogen-bond donors (Lipinski definition) is 4. The maximum absolute atomic E-state index is 12.7. The molecule has 0 unspecified atom stereocenters. The molecule has 0 saturated heterocycles. The Hall–Kier alpha value is -3.35. The third-order valence-corrected chi connectivity index (χ3v) is 4.82. The number of benzene rings is 2. The number of para-hydroxylation sites is 1. The zero-order valence-electron chi connectivity index (χ0n) is 19.7. The Morgan fingerprint density at radius 2 is 1.75 bits per heavy atom. The number of aliphatic hydroxyl groups is 2. The van der Waals surface area contributed by atoms with Gasteiger partial charge in [0, 0.05) is 19.1 Å². The van der Waals surface area contributed by atoms with E-state index in [4.69, 9.17) is 4.74 Å². The molecule has 2 rings (SSSR count). The molecule has 0 heterocycles. The van der Waals surface area contributed by atoms with Crippen LogP contribution in [0, 0.1) is 0 Å². The van der Waals surface area contributed by atoms with Gasteiger partial charge in [-0.15, -0.1) is 5.06 Å². The molecule has 198 valence electrons. The molecule has 0 radical (unpaired) electrons. The van der Waals surface area contributed by atoms with Crippen molar-refractivity contribution in [2.75, 3.05) is 31.4 Å². The van der Waals surface area contributed by atoms with Gasteiger partial charge in [0.05, 0.1) is 12.3 Å². The van der Waals surface area contributed by atoms with Gasteiger partial charge in [-0.25, -0.2) is 9.59 Å². The average molecular weight is 514 g/mol. The topological polar surface area (TPSA) is 120 Å². The zero-order valence-corrected chi connectivity index (χ0v) is 19.7. The summed E-state index contributed by atoms with van der Waals surface area (Å²) in [6, 6.07) is 13.2. The fraction of sp³-hybridized carbons (Fsp3) is 0.417. The number of amides is 2. The predicted molar refractivity (Wildman–Crippen MR) is 125 cm³/mol. The lowest BCUT2D eigenvalue weighted by Gasteiger charge is -2.23. The number of nitrogens with zero attached hydrogens (tertiary/aromatic N) is 1. The van der Waals surface area contributed by atoms with Crippen molar-refractivity contribution in [2.45, 2.75) is 38.1 Å². The fourth-order valence-corrected chi connectivity index (χ4v) is 2.97. The molecule has 4 N–H and O–H groups in total. The number of anilines is 1. The lowest BCUT2D eigenvalue weighted by molar-refractivity contribution is -0.199. The zero-order chi connectivity index (χ0) is 26.6. The molecule has 0 aliphatic heterocycles. The summed E-state index contributed by atoms with van der Waals surface area (Å²) < 4.78 is 43.5. The van der Waals surface area contributed by atoms with Gasteiger partial charge in [0.15, 0.2) is 0 Å². The van der Waals surface area contributed by atoms with Gasteiger partial charge in [0.25, 0.3) is 0 Å². The van der Waals surface area contributed by atoms with Gasteiger partial charge < -0.3 is 30.4 Å². The highest BCUT2D eigenvalue weighted by Gasteiger charge is 2.43. The summed E-state index contributed by atoms with van der Waals surface area (Å²) >= 11 is 0. The van der Waals surface area contributed by atoms with Crippen molar-refractivity contribution in [2.24, 2.45) is 0 Å². The van der Waals surface area contributed by atoms with Crippen LogP contribution in [-0.4, -0.2) is 66.8 Å². The second-order valence-electron chi connectivity index (χ2n) is 7.84. The number of aliphatic hydroxyl groups excluding tert-OH is 2. The van der Waals surface area contributed by atoms with Crippen LogP contribution in [0.3, 0.4) is 0 Å². The van der Waals surface area contributed by atoms with E-state index in [0.29, 0.717) is 24.2 Å². The van der Waals surface area contributed by atoms with Crippen LogP contribution in [0.15, 0.2) is 54.6 Å². The highest BCUT2D eigenvalue weighted by molar-refractivity contribution is 5.92. The highest BCUT2D eigenvalue weighted by Crippen LogP contribution is 2.22. The molecule has 0 bridgehead atoms. The van der Waals surface area contributed by atoms with Crippen LogP contribution in [0.4, 0.5) is 23.7 Å². The number of carbonyl (C=O) groups is 2. The largest absolute Gasteiger partial charge is 0.493 e. The first-order chi connectivity index (χ1) is 17.1. The second kappa shape index (κ2) is 14.3. The Balaban J connectivity index is 1.96. The number of rotatable bonds is 12. The van der Waals surface area contributed by atoms with Crippen LogP contribution < -0.4 is 20.4 Å². The Kier molecular flexibility index (Phi) is 11.4. The van der Waals surface area contributed by atoms with Gasteiger partial charge in [-0.2, -0.15) is 13.2 Å². The summed E-state index contributed by atoms with van der Waals surface area (Å²) in [7, 11) is 0. The molecule has 0 saturated carbocycles.